The van der Waals surface area contributed by atoms with Gasteiger partial charge in [-0.1, -0.05) is 52.0 Å². The van der Waals surface area contributed by atoms with Crippen LogP contribution in [-0.4, -0.2) is 65.2 Å². The first-order valence-corrected chi connectivity index (χ1v) is 13.8. The number of hydrogen-bond acceptors (Lipinski definition) is 4. The van der Waals surface area contributed by atoms with E-state index in [2.05, 4.69) is 65.0 Å². The summed E-state index contributed by atoms with van der Waals surface area (Å²) in [5.74, 6) is 0.681. The summed E-state index contributed by atoms with van der Waals surface area (Å²) < 4.78 is 5.48. The van der Waals surface area contributed by atoms with Crippen LogP contribution in [0, 0.1) is 0 Å². The zero-order valence-corrected chi connectivity index (χ0v) is 22.8. The van der Waals surface area contributed by atoms with E-state index in [1.807, 2.05) is 33.9 Å². The summed E-state index contributed by atoms with van der Waals surface area (Å²) in [6, 6.07) is 14.2. The first-order chi connectivity index (χ1) is 17.2. The zero-order valence-electron chi connectivity index (χ0n) is 22.8. The molecule has 0 spiro atoms. The smallest absolute Gasteiger partial charge is 0.0795 e. The van der Waals surface area contributed by atoms with Gasteiger partial charge in [0.2, 0.25) is 0 Å². The first kappa shape index (κ1) is 27.4. The summed E-state index contributed by atoms with van der Waals surface area (Å²) in [7, 11) is 0. The number of piperidine rings is 1. The lowest BCUT2D eigenvalue weighted by Crippen LogP contribution is -2.37. The number of aromatic nitrogens is 2. The average Bonchev–Trinajstić information content (AvgIpc) is 3.34. The van der Waals surface area contributed by atoms with Gasteiger partial charge in [0.05, 0.1) is 18.9 Å². The van der Waals surface area contributed by atoms with Crippen LogP contribution in [0.1, 0.15) is 71.6 Å². The van der Waals surface area contributed by atoms with E-state index in [1.165, 1.54) is 53.7 Å². The quantitative estimate of drug-likeness (QED) is 0.443. The second kappa shape index (κ2) is 13.8. The molecule has 2 aromatic heterocycles. The third-order valence-electron chi connectivity index (χ3n) is 7.02. The Hall–Kier alpha value is -2.21. The van der Waals surface area contributed by atoms with Crippen LogP contribution < -0.4 is 0 Å². The van der Waals surface area contributed by atoms with Crippen molar-refractivity contribution in [3.8, 4) is 11.3 Å². The van der Waals surface area contributed by atoms with Crippen LogP contribution >= 0.6 is 0 Å². The molecular weight excluding hydrogens is 432 g/mol. The zero-order chi connectivity index (χ0) is 25.2. The molecule has 4 heterocycles. The van der Waals surface area contributed by atoms with E-state index in [0.717, 1.165) is 38.5 Å². The molecule has 2 saturated heterocycles. The Morgan fingerprint density at radius 1 is 0.943 bits per heavy atom. The maximum atomic E-state index is 5.48. The summed E-state index contributed by atoms with van der Waals surface area (Å²) in [4.78, 5) is 13.4. The van der Waals surface area contributed by atoms with Crippen molar-refractivity contribution < 1.29 is 4.74 Å². The predicted octanol–water partition coefficient (Wildman–Crippen LogP) is 6.70. The Morgan fingerprint density at radius 2 is 1.60 bits per heavy atom. The minimum atomic E-state index is 0.657. The summed E-state index contributed by atoms with van der Waals surface area (Å²) in [5, 5.41) is 1.21. The summed E-state index contributed by atoms with van der Waals surface area (Å²) >= 11 is 0. The molecule has 2 aliphatic heterocycles. The number of H-pyrrole nitrogens is 1. The average molecular weight is 479 g/mol. The van der Waals surface area contributed by atoms with Crippen LogP contribution in [0.25, 0.3) is 22.2 Å². The molecular formula is C30H46N4O. The molecule has 0 amide bonds. The molecule has 0 unspecified atom stereocenters. The number of nitrogens with one attached hydrogen (secondary N) is 1. The fourth-order valence-electron chi connectivity index (χ4n) is 5.09. The number of ether oxygens (including phenoxy) is 1. The van der Waals surface area contributed by atoms with E-state index >= 15 is 0 Å². The van der Waals surface area contributed by atoms with Gasteiger partial charge in [-0.3, -0.25) is 9.88 Å². The van der Waals surface area contributed by atoms with Gasteiger partial charge in [-0.25, -0.2) is 0 Å². The number of nitrogens with zero attached hydrogens (tertiary/aromatic N) is 3. The Morgan fingerprint density at radius 3 is 2.23 bits per heavy atom. The number of fused-ring (bicyclic) bond motifs is 1. The number of pyridine rings is 1. The molecule has 1 N–H and O–H groups in total. The van der Waals surface area contributed by atoms with Crippen LogP contribution in [0.4, 0.5) is 0 Å². The molecule has 0 radical (unpaired) electrons. The highest BCUT2D eigenvalue weighted by Crippen LogP contribution is 2.32. The van der Waals surface area contributed by atoms with Gasteiger partial charge in [-0.05, 0) is 63.4 Å². The van der Waals surface area contributed by atoms with Crippen LogP contribution in [0.5, 0.6) is 0 Å². The van der Waals surface area contributed by atoms with E-state index in [1.54, 1.807) is 0 Å². The van der Waals surface area contributed by atoms with Gasteiger partial charge in [0.25, 0.3) is 0 Å². The standard InChI is InChI=1S/C26H34N4O.2C2H6/c1-19(2)30-11-8-21(9-12-30)20-3-5-22(6-4-20)26-24-17-23(28-25(24)7-10-27-26)18-29-13-15-31-16-14-29;2*1-2/h3-7,10,17,19,21,28H,8-9,11-16,18H2,1-2H3;2*1-2H3. The van der Waals surface area contributed by atoms with E-state index in [9.17, 15) is 0 Å². The SMILES string of the molecule is CC.CC.CC(C)N1CCC(c2ccc(-c3nccc4[nH]c(CN5CCOCC5)cc34)cc2)CC1. The lowest BCUT2D eigenvalue weighted by molar-refractivity contribution is 0.0337. The van der Waals surface area contributed by atoms with Crippen molar-refractivity contribution in [3.05, 3.63) is 53.9 Å². The molecule has 3 aromatic rings. The largest absolute Gasteiger partial charge is 0.379 e. The number of likely N-dealkylation sites (tertiary alicyclic amines) is 1. The lowest BCUT2D eigenvalue weighted by Gasteiger charge is -2.34. The van der Waals surface area contributed by atoms with Crippen LogP contribution in [-0.2, 0) is 11.3 Å². The number of hydrogen-bond donors (Lipinski definition) is 1. The monoisotopic (exact) mass is 478 g/mol. The van der Waals surface area contributed by atoms with Crippen molar-refractivity contribution in [3.63, 3.8) is 0 Å². The van der Waals surface area contributed by atoms with Crippen molar-refractivity contribution in [2.24, 2.45) is 0 Å². The number of benzene rings is 1. The van der Waals surface area contributed by atoms with Gasteiger partial charge >= 0.3 is 0 Å². The lowest BCUT2D eigenvalue weighted by atomic mass is 9.88. The molecule has 5 rings (SSSR count). The Balaban J connectivity index is 0.000000815. The summed E-state index contributed by atoms with van der Waals surface area (Å²) in [6.45, 7) is 19.6. The second-order valence-electron chi connectivity index (χ2n) is 9.33. The fourth-order valence-corrected chi connectivity index (χ4v) is 5.09. The molecule has 5 heteroatoms. The molecule has 0 atom stereocenters. The number of morpholine rings is 1. The highest BCUT2D eigenvalue weighted by Gasteiger charge is 2.22. The number of rotatable bonds is 5. The second-order valence-corrected chi connectivity index (χ2v) is 9.33. The molecule has 0 saturated carbocycles. The van der Waals surface area contributed by atoms with Crippen LogP contribution in [0.3, 0.4) is 0 Å². The highest BCUT2D eigenvalue weighted by atomic mass is 16.5. The van der Waals surface area contributed by atoms with E-state index < -0.39 is 0 Å². The molecule has 0 aliphatic carbocycles. The van der Waals surface area contributed by atoms with Gasteiger partial charge in [-0.15, -0.1) is 0 Å². The van der Waals surface area contributed by atoms with Crippen molar-refractivity contribution >= 4 is 10.9 Å². The molecule has 1 aromatic carbocycles. The molecule has 192 valence electrons. The minimum absolute atomic E-state index is 0.657. The Labute approximate surface area is 212 Å². The fraction of sp³-hybridized carbons (Fsp3) is 0.567. The van der Waals surface area contributed by atoms with Gasteiger partial charge in [0, 0.05) is 54.0 Å². The number of aromatic amines is 1. The van der Waals surface area contributed by atoms with Crippen molar-refractivity contribution in [2.75, 3.05) is 39.4 Å². The van der Waals surface area contributed by atoms with E-state index in [0.29, 0.717) is 12.0 Å². The molecule has 0 bridgehead atoms. The summed E-state index contributed by atoms with van der Waals surface area (Å²) in [6.07, 6.45) is 4.43. The topological polar surface area (TPSA) is 44.4 Å². The summed E-state index contributed by atoms with van der Waals surface area (Å²) in [5.41, 5.74) is 6.16. The van der Waals surface area contributed by atoms with Gasteiger partial charge in [-0.2, -0.15) is 0 Å². The van der Waals surface area contributed by atoms with E-state index in [-0.39, 0.29) is 0 Å². The normalized spacial score (nSPS) is 17.6. The third-order valence-corrected chi connectivity index (χ3v) is 7.02. The van der Waals surface area contributed by atoms with Crippen LogP contribution in [0.15, 0.2) is 42.6 Å². The first-order valence-electron chi connectivity index (χ1n) is 13.8. The van der Waals surface area contributed by atoms with Gasteiger partial charge in [0.1, 0.15) is 0 Å². The Kier molecular flexibility index (Phi) is 10.8. The van der Waals surface area contributed by atoms with Gasteiger partial charge < -0.3 is 14.6 Å². The maximum Gasteiger partial charge on any atom is 0.0795 e. The van der Waals surface area contributed by atoms with Crippen molar-refractivity contribution in [2.45, 2.75) is 72.9 Å². The Bertz CT molecular complexity index is 997. The molecule has 2 fully saturated rings. The maximum absolute atomic E-state index is 5.48. The molecule has 35 heavy (non-hydrogen) atoms. The van der Waals surface area contributed by atoms with E-state index in [4.69, 9.17) is 9.72 Å². The van der Waals surface area contributed by atoms with Crippen LogP contribution in [0.2, 0.25) is 0 Å². The third kappa shape index (κ3) is 6.93. The molecule has 2 aliphatic rings. The van der Waals surface area contributed by atoms with Crippen molar-refractivity contribution in [1.82, 2.24) is 19.8 Å². The molecule has 5 nitrogen and oxygen atoms in total. The predicted molar refractivity (Wildman–Crippen MR) is 149 cm³/mol. The van der Waals surface area contributed by atoms with Gasteiger partial charge in [0.15, 0.2) is 0 Å². The van der Waals surface area contributed by atoms with Crippen molar-refractivity contribution in [1.29, 1.82) is 0 Å². The minimum Gasteiger partial charge on any atom is -0.379 e. The highest BCUT2D eigenvalue weighted by molar-refractivity contribution is 5.93.